The van der Waals surface area contributed by atoms with E-state index in [1.165, 1.54) is 12.1 Å². The monoisotopic (exact) mass is 453 g/mol. The van der Waals surface area contributed by atoms with Crippen LogP contribution in [-0.4, -0.2) is 52.0 Å². The van der Waals surface area contributed by atoms with Crippen molar-refractivity contribution in [1.29, 1.82) is 0 Å². The molecule has 1 amide bonds. The summed E-state index contributed by atoms with van der Waals surface area (Å²) in [5.41, 5.74) is 7.86. The first-order valence-electron chi connectivity index (χ1n) is 11.2. The van der Waals surface area contributed by atoms with Crippen molar-refractivity contribution in [3.8, 4) is 5.75 Å². The summed E-state index contributed by atoms with van der Waals surface area (Å²) in [7, 11) is 1.63. The largest absolute Gasteiger partial charge is 0.497 e. The molecule has 0 aliphatic rings. The van der Waals surface area contributed by atoms with Crippen LogP contribution in [0.3, 0.4) is 0 Å². The second kappa shape index (κ2) is 11.4. The number of amides is 1. The molecule has 0 unspecified atom stereocenters. The molecule has 2 aromatic carbocycles. The fourth-order valence-electron chi connectivity index (χ4n) is 3.90. The predicted molar refractivity (Wildman–Crippen MR) is 127 cm³/mol. The summed E-state index contributed by atoms with van der Waals surface area (Å²) in [5, 5.41) is 11.2. The van der Waals surface area contributed by atoms with Gasteiger partial charge in [0.05, 0.1) is 23.1 Å². The summed E-state index contributed by atoms with van der Waals surface area (Å²) in [6.45, 7) is 5.41. The number of carbonyl (C=O) groups is 1. The molecule has 3 aromatic rings. The number of rotatable bonds is 13. The highest BCUT2D eigenvalue weighted by Gasteiger charge is 2.16. The maximum Gasteiger partial charge on any atom is 0.271 e. The van der Waals surface area contributed by atoms with Crippen molar-refractivity contribution >= 4 is 22.6 Å². The van der Waals surface area contributed by atoms with Crippen molar-refractivity contribution in [2.45, 2.75) is 39.2 Å². The summed E-state index contributed by atoms with van der Waals surface area (Å²) in [6, 6.07) is 12.7. The number of likely N-dealkylation sites (N-methyl/N-ethyl adjacent to an activating group) is 1. The number of carbonyl (C=O) groups excluding carboxylic acids is 1. The molecule has 9 heteroatoms. The Balaban J connectivity index is 1.81. The molecule has 0 radical (unpaired) electrons. The Labute approximate surface area is 193 Å². The van der Waals surface area contributed by atoms with E-state index >= 15 is 0 Å². The summed E-state index contributed by atoms with van der Waals surface area (Å²) in [4.78, 5) is 28.9. The molecule has 3 rings (SSSR count). The number of nitrogens with zero attached hydrogens (tertiary/aromatic N) is 4. The zero-order valence-electron chi connectivity index (χ0n) is 19.2. The average molecular weight is 454 g/mol. The number of benzene rings is 2. The number of imidazole rings is 1. The molecule has 1 heterocycles. The molecule has 33 heavy (non-hydrogen) atoms. The third kappa shape index (κ3) is 6.52. The van der Waals surface area contributed by atoms with E-state index in [1.54, 1.807) is 13.2 Å². The maximum absolute atomic E-state index is 11.2. The van der Waals surface area contributed by atoms with Gasteiger partial charge in [0.1, 0.15) is 11.6 Å². The molecule has 0 saturated heterocycles. The summed E-state index contributed by atoms with van der Waals surface area (Å²) in [5.74, 6) is 1.39. The minimum absolute atomic E-state index is 0.0350. The highest BCUT2D eigenvalue weighted by atomic mass is 16.6. The molecule has 0 saturated carbocycles. The molecule has 0 aliphatic heterocycles. The Morgan fingerprint density at radius 2 is 1.94 bits per heavy atom. The standard InChI is InChI=1S/C24H31N5O4/c1-3-27(13-5-4-6-23(25)30)14-15-28-22-12-9-19(29(31)32)17-21(22)26-24(28)16-18-7-10-20(33-2)11-8-18/h7-12,17H,3-6,13-16H2,1-2H3,(H2,25,30). The lowest BCUT2D eigenvalue weighted by atomic mass is 10.1. The van der Waals surface area contributed by atoms with Gasteiger partial charge in [0.2, 0.25) is 5.91 Å². The number of hydrogen-bond donors (Lipinski definition) is 1. The highest BCUT2D eigenvalue weighted by Crippen LogP contribution is 2.24. The van der Waals surface area contributed by atoms with Crippen LogP contribution in [0.1, 0.15) is 37.6 Å². The highest BCUT2D eigenvalue weighted by molar-refractivity contribution is 5.79. The summed E-state index contributed by atoms with van der Waals surface area (Å²) >= 11 is 0. The fourth-order valence-corrected chi connectivity index (χ4v) is 3.90. The molecule has 176 valence electrons. The van der Waals surface area contributed by atoms with Crippen LogP contribution in [0, 0.1) is 10.1 Å². The Bertz CT molecular complexity index is 1090. The number of non-ortho nitro benzene ring substituents is 1. The van der Waals surface area contributed by atoms with Crippen molar-refractivity contribution in [3.05, 3.63) is 64.0 Å². The van der Waals surface area contributed by atoms with Gasteiger partial charge in [-0.15, -0.1) is 0 Å². The third-order valence-corrected chi connectivity index (χ3v) is 5.78. The van der Waals surface area contributed by atoms with Gasteiger partial charge in [0.25, 0.3) is 5.69 Å². The molecule has 1 aromatic heterocycles. The number of nitro groups is 1. The number of fused-ring (bicyclic) bond motifs is 1. The summed E-state index contributed by atoms with van der Waals surface area (Å²) < 4.78 is 7.39. The zero-order valence-corrected chi connectivity index (χ0v) is 19.2. The normalized spacial score (nSPS) is 11.2. The molecule has 0 fully saturated rings. The van der Waals surface area contributed by atoms with E-state index in [4.69, 9.17) is 15.5 Å². The minimum Gasteiger partial charge on any atom is -0.497 e. The number of ether oxygens (including phenoxy) is 1. The second-order valence-corrected chi connectivity index (χ2v) is 7.99. The van der Waals surface area contributed by atoms with Crippen LogP contribution >= 0.6 is 0 Å². The lowest BCUT2D eigenvalue weighted by Crippen LogP contribution is -2.29. The molecule has 9 nitrogen and oxygen atoms in total. The number of aromatic nitrogens is 2. The number of methoxy groups -OCH3 is 1. The Morgan fingerprint density at radius 3 is 2.58 bits per heavy atom. The van der Waals surface area contributed by atoms with E-state index < -0.39 is 4.92 Å². The maximum atomic E-state index is 11.2. The predicted octanol–water partition coefficient (Wildman–Crippen LogP) is 3.52. The molecular formula is C24H31N5O4. The van der Waals surface area contributed by atoms with Crippen LogP contribution in [0.25, 0.3) is 11.0 Å². The van der Waals surface area contributed by atoms with Crippen LogP contribution in [0.4, 0.5) is 5.69 Å². The Morgan fingerprint density at radius 1 is 1.18 bits per heavy atom. The van der Waals surface area contributed by atoms with Gasteiger partial charge in [-0.1, -0.05) is 19.1 Å². The molecular weight excluding hydrogens is 422 g/mol. The Kier molecular flexibility index (Phi) is 8.37. The topological polar surface area (TPSA) is 117 Å². The molecule has 0 spiro atoms. The van der Waals surface area contributed by atoms with Gasteiger partial charge >= 0.3 is 0 Å². The van der Waals surface area contributed by atoms with Crippen LogP contribution < -0.4 is 10.5 Å². The van der Waals surface area contributed by atoms with E-state index in [-0.39, 0.29) is 11.6 Å². The van der Waals surface area contributed by atoms with Crippen LogP contribution in [-0.2, 0) is 17.8 Å². The van der Waals surface area contributed by atoms with Gasteiger partial charge in [-0.2, -0.15) is 0 Å². The van der Waals surface area contributed by atoms with Crippen LogP contribution in [0.2, 0.25) is 0 Å². The zero-order chi connectivity index (χ0) is 23.8. The second-order valence-electron chi connectivity index (χ2n) is 7.99. The van der Waals surface area contributed by atoms with Crippen LogP contribution in [0.5, 0.6) is 5.75 Å². The first-order valence-corrected chi connectivity index (χ1v) is 11.2. The van der Waals surface area contributed by atoms with Crippen molar-refractivity contribution in [1.82, 2.24) is 14.5 Å². The first-order chi connectivity index (χ1) is 15.9. The number of primary amides is 1. The molecule has 2 N–H and O–H groups in total. The lowest BCUT2D eigenvalue weighted by molar-refractivity contribution is -0.384. The number of unbranched alkanes of at least 4 members (excludes halogenated alkanes) is 1. The van der Waals surface area contributed by atoms with E-state index in [2.05, 4.69) is 16.4 Å². The third-order valence-electron chi connectivity index (χ3n) is 5.78. The number of nitro benzene ring substituents is 1. The van der Waals surface area contributed by atoms with Gasteiger partial charge in [0, 0.05) is 38.1 Å². The van der Waals surface area contributed by atoms with Crippen molar-refractivity contribution in [2.75, 3.05) is 26.7 Å². The first kappa shape index (κ1) is 24.2. The van der Waals surface area contributed by atoms with Gasteiger partial charge in [-0.3, -0.25) is 14.9 Å². The van der Waals surface area contributed by atoms with Gasteiger partial charge < -0.3 is 19.9 Å². The average Bonchev–Trinajstić information content (AvgIpc) is 3.15. The van der Waals surface area contributed by atoms with Crippen molar-refractivity contribution < 1.29 is 14.5 Å². The fraction of sp³-hybridized carbons (Fsp3) is 0.417. The van der Waals surface area contributed by atoms with Crippen molar-refractivity contribution in [3.63, 3.8) is 0 Å². The van der Waals surface area contributed by atoms with Gasteiger partial charge in [-0.25, -0.2) is 4.98 Å². The molecule has 0 bridgehead atoms. The molecule has 0 aliphatic carbocycles. The number of nitrogens with two attached hydrogens (primary N) is 1. The van der Waals surface area contributed by atoms with Gasteiger partial charge in [-0.05, 0) is 49.7 Å². The smallest absolute Gasteiger partial charge is 0.271 e. The van der Waals surface area contributed by atoms with E-state index in [0.717, 1.165) is 55.1 Å². The van der Waals surface area contributed by atoms with E-state index in [1.807, 2.05) is 24.3 Å². The van der Waals surface area contributed by atoms with Gasteiger partial charge in [0.15, 0.2) is 0 Å². The lowest BCUT2D eigenvalue weighted by Gasteiger charge is -2.21. The quantitative estimate of drug-likeness (QED) is 0.240. The van der Waals surface area contributed by atoms with Crippen molar-refractivity contribution in [2.24, 2.45) is 5.73 Å². The van der Waals surface area contributed by atoms with E-state index in [9.17, 15) is 14.9 Å². The number of hydrogen-bond acceptors (Lipinski definition) is 6. The van der Waals surface area contributed by atoms with Crippen LogP contribution in [0.15, 0.2) is 42.5 Å². The van der Waals surface area contributed by atoms with E-state index in [0.29, 0.717) is 24.9 Å². The molecule has 0 atom stereocenters. The SMILES string of the molecule is CCN(CCCCC(N)=O)CCn1c(Cc2ccc(OC)cc2)nc2cc([N+](=O)[O-])ccc21. The summed E-state index contributed by atoms with van der Waals surface area (Å²) in [6.07, 6.45) is 2.71. The minimum atomic E-state index is -0.396. The Hall–Kier alpha value is -3.46.